The van der Waals surface area contributed by atoms with E-state index in [0.717, 1.165) is 22.3 Å². The minimum Gasteiger partial charge on any atom is -0.496 e. The number of nitrogens with one attached hydrogen (secondary N) is 1. The number of ether oxygens (including phenoxy) is 1. The number of rotatable bonds is 5. The van der Waals surface area contributed by atoms with E-state index in [1.54, 1.807) is 19.4 Å². The highest BCUT2D eigenvalue weighted by Gasteiger charge is 2.03. The Balaban J connectivity index is 1.64. The molecule has 1 amide bonds. The van der Waals surface area contributed by atoms with Gasteiger partial charge < -0.3 is 10.1 Å². The number of nitrogens with zero attached hydrogens (tertiary/aromatic N) is 2. The Morgan fingerprint density at radius 3 is 2.71 bits per heavy atom. The lowest BCUT2D eigenvalue weighted by molar-refractivity contribution is -0.116. The monoisotopic (exact) mass is 319 g/mol. The topological polar surface area (TPSA) is 64.1 Å². The summed E-state index contributed by atoms with van der Waals surface area (Å²) in [6, 6.07) is 15.2. The van der Waals surface area contributed by atoms with E-state index in [-0.39, 0.29) is 5.91 Å². The van der Waals surface area contributed by atoms with Crippen molar-refractivity contribution in [1.82, 2.24) is 15.3 Å². The zero-order valence-electron chi connectivity index (χ0n) is 13.3. The first-order valence-electron chi connectivity index (χ1n) is 7.56. The van der Waals surface area contributed by atoms with Crippen molar-refractivity contribution in [2.75, 3.05) is 7.11 Å². The van der Waals surface area contributed by atoms with Crippen LogP contribution in [0.1, 0.15) is 11.3 Å². The highest BCUT2D eigenvalue weighted by molar-refractivity contribution is 5.91. The van der Waals surface area contributed by atoms with Crippen LogP contribution in [0.2, 0.25) is 0 Å². The van der Waals surface area contributed by atoms with Crippen LogP contribution < -0.4 is 10.1 Å². The van der Waals surface area contributed by atoms with E-state index in [9.17, 15) is 4.79 Å². The Labute approximate surface area is 140 Å². The molecule has 0 aliphatic heterocycles. The summed E-state index contributed by atoms with van der Waals surface area (Å²) in [4.78, 5) is 20.7. The maximum Gasteiger partial charge on any atom is 0.244 e. The summed E-state index contributed by atoms with van der Waals surface area (Å²) in [5.41, 5.74) is 3.19. The molecule has 2 aromatic carbocycles. The van der Waals surface area contributed by atoms with Gasteiger partial charge in [0.1, 0.15) is 5.75 Å². The molecule has 0 atom stereocenters. The van der Waals surface area contributed by atoms with Gasteiger partial charge in [0, 0.05) is 18.2 Å². The highest BCUT2D eigenvalue weighted by Crippen LogP contribution is 2.16. The van der Waals surface area contributed by atoms with Crippen molar-refractivity contribution in [1.29, 1.82) is 0 Å². The van der Waals surface area contributed by atoms with Gasteiger partial charge in [0.05, 0.1) is 30.0 Å². The third kappa shape index (κ3) is 3.76. The van der Waals surface area contributed by atoms with Gasteiger partial charge in [-0.25, -0.2) is 4.98 Å². The smallest absolute Gasteiger partial charge is 0.244 e. The SMILES string of the molecule is COc1ccccc1CNC(=O)C=Cc1cnc2ccccc2n1. The first-order chi connectivity index (χ1) is 11.8. The zero-order chi connectivity index (χ0) is 16.8. The largest absolute Gasteiger partial charge is 0.496 e. The minimum absolute atomic E-state index is 0.198. The molecule has 24 heavy (non-hydrogen) atoms. The normalized spacial score (nSPS) is 10.9. The molecule has 0 unspecified atom stereocenters. The second-order valence-corrected chi connectivity index (χ2v) is 5.15. The predicted octanol–water partition coefficient (Wildman–Crippen LogP) is 2.97. The molecule has 0 spiro atoms. The van der Waals surface area contributed by atoms with Gasteiger partial charge in [-0.05, 0) is 24.3 Å². The summed E-state index contributed by atoms with van der Waals surface area (Å²) in [5, 5.41) is 2.83. The Hall–Kier alpha value is -3.21. The molecular weight excluding hydrogens is 302 g/mol. The first-order valence-corrected chi connectivity index (χ1v) is 7.56. The maximum atomic E-state index is 12.0. The predicted molar refractivity (Wildman–Crippen MR) is 93.4 cm³/mol. The van der Waals surface area contributed by atoms with E-state index < -0.39 is 0 Å². The molecule has 1 N–H and O–H groups in total. The molecule has 0 saturated heterocycles. The number of benzene rings is 2. The molecule has 0 saturated carbocycles. The van der Waals surface area contributed by atoms with E-state index >= 15 is 0 Å². The number of amides is 1. The van der Waals surface area contributed by atoms with E-state index in [2.05, 4.69) is 15.3 Å². The standard InChI is InChI=1S/C19H17N3O2/c1-24-18-9-5-2-6-14(18)12-21-19(23)11-10-15-13-20-16-7-3-4-8-17(16)22-15/h2-11,13H,12H2,1H3,(H,21,23). The Bertz CT molecular complexity index is 890. The van der Waals surface area contributed by atoms with Gasteiger partial charge in [0.2, 0.25) is 5.91 Å². The quantitative estimate of drug-likeness (QED) is 0.734. The summed E-state index contributed by atoms with van der Waals surface area (Å²) in [6.45, 7) is 0.399. The summed E-state index contributed by atoms with van der Waals surface area (Å²) >= 11 is 0. The van der Waals surface area contributed by atoms with Crippen LogP contribution in [0.5, 0.6) is 5.75 Å². The lowest BCUT2D eigenvalue weighted by Crippen LogP contribution is -2.20. The van der Waals surface area contributed by atoms with Crippen molar-refractivity contribution in [3.63, 3.8) is 0 Å². The molecular formula is C19H17N3O2. The third-order valence-electron chi connectivity index (χ3n) is 3.52. The third-order valence-corrected chi connectivity index (χ3v) is 3.52. The second kappa shape index (κ2) is 7.37. The van der Waals surface area contributed by atoms with Gasteiger partial charge in [0.25, 0.3) is 0 Å². The summed E-state index contributed by atoms with van der Waals surface area (Å²) in [6.07, 6.45) is 4.75. The van der Waals surface area contributed by atoms with Crippen molar-refractivity contribution in [3.8, 4) is 5.75 Å². The number of carbonyl (C=O) groups is 1. The van der Waals surface area contributed by atoms with Crippen LogP contribution in [0, 0.1) is 0 Å². The average Bonchev–Trinajstić information content (AvgIpc) is 2.64. The molecule has 3 aromatic rings. The van der Waals surface area contributed by atoms with Crippen LogP contribution in [-0.2, 0) is 11.3 Å². The van der Waals surface area contributed by atoms with Gasteiger partial charge in [-0.2, -0.15) is 0 Å². The van der Waals surface area contributed by atoms with Crippen molar-refractivity contribution in [2.45, 2.75) is 6.54 Å². The number of methoxy groups -OCH3 is 1. The molecule has 0 aliphatic rings. The van der Waals surface area contributed by atoms with Crippen LogP contribution in [0.25, 0.3) is 17.1 Å². The molecule has 3 rings (SSSR count). The second-order valence-electron chi connectivity index (χ2n) is 5.15. The van der Waals surface area contributed by atoms with Crippen molar-refractivity contribution in [2.24, 2.45) is 0 Å². The van der Waals surface area contributed by atoms with E-state index in [4.69, 9.17) is 4.74 Å². The molecule has 1 aromatic heterocycles. The number of fused-ring (bicyclic) bond motifs is 1. The number of carbonyl (C=O) groups excluding carboxylic acids is 1. The van der Waals surface area contributed by atoms with Crippen LogP contribution in [-0.4, -0.2) is 23.0 Å². The van der Waals surface area contributed by atoms with Crippen LogP contribution >= 0.6 is 0 Å². The fraction of sp³-hybridized carbons (Fsp3) is 0.105. The van der Waals surface area contributed by atoms with Gasteiger partial charge in [-0.15, -0.1) is 0 Å². The molecule has 120 valence electrons. The van der Waals surface area contributed by atoms with Crippen molar-refractivity contribution >= 4 is 23.0 Å². The van der Waals surface area contributed by atoms with Gasteiger partial charge in [-0.3, -0.25) is 9.78 Å². The maximum absolute atomic E-state index is 12.0. The lowest BCUT2D eigenvalue weighted by atomic mass is 10.2. The van der Waals surface area contributed by atoms with E-state index in [1.807, 2.05) is 48.5 Å². The fourth-order valence-electron chi connectivity index (χ4n) is 2.30. The molecule has 0 bridgehead atoms. The van der Waals surface area contributed by atoms with Crippen molar-refractivity contribution < 1.29 is 9.53 Å². The molecule has 5 nitrogen and oxygen atoms in total. The minimum atomic E-state index is -0.198. The summed E-state index contributed by atoms with van der Waals surface area (Å²) < 4.78 is 5.26. The number of aromatic nitrogens is 2. The van der Waals surface area contributed by atoms with Gasteiger partial charge in [-0.1, -0.05) is 30.3 Å². The van der Waals surface area contributed by atoms with Crippen LogP contribution in [0.15, 0.2) is 60.8 Å². The number of hydrogen-bond donors (Lipinski definition) is 1. The van der Waals surface area contributed by atoms with Crippen molar-refractivity contribution in [3.05, 3.63) is 72.1 Å². The summed E-state index contributed by atoms with van der Waals surface area (Å²) in [7, 11) is 1.61. The summed E-state index contributed by atoms with van der Waals surface area (Å²) in [5.74, 6) is 0.554. The highest BCUT2D eigenvalue weighted by atomic mass is 16.5. The Morgan fingerprint density at radius 2 is 1.88 bits per heavy atom. The van der Waals surface area contributed by atoms with E-state index in [1.165, 1.54) is 6.08 Å². The average molecular weight is 319 g/mol. The molecule has 1 heterocycles. The molecule has 5 heteroatoms. The van der Waals surface area contributed by atoms with Gasteiger partial charge >= 0.3 is 0 Å². The molecule has 0 aliphatic carbocycles. The van der Waals surface area contributed by atoms with Crippen LogP contribution in [0.3, 0.4) is 0 Å². The van der Waals surface area contributed by atoms with Crippen LogP contribution in [0.4, 0.5) is 0 Å². The molecule has 0 radical (unpaired) electrons. The lowest BCUT2D eigenvalue weighted by Gasteiger charge is -2.08. The number of hydrogen-bond acceptors (Lipinski definition) is 4. The zero-order valence-corrected chi connectivity index (χ0v) is 13.3. The Morgan fingerprint density at radius 1 is 1.12 bits per heavy atom. The first kappa shape index (κ1) is 15.7. The number of para-hydroxylation sites is 3. The Kier molecular flexibility index (Phi) is 4.81. The molecule has 0 fully saturated rings. The van der Waals surface area contributed by atoms with E-state index in [0.29, 0.717) is 12.2 Å². The fourth-order valence-corrected chi connectivity index (χ4v) is 2.30. The van der Waals surface area contributed by atoms with Gasteiger partial charge in [0.15, 0.2) is 0 Å².